The average molecular weight is 212 g/mol. The Morgan fingerprint density at radius 3 is 3.07 bits per heavy atom. The van der Waals surface area contributed by atoms with Crippen LogP contribution in [0.3, 0.4) is 0 Å². The lowest BCUT2D eigenvalue weighted by atomic mass is 9.89. The van der Waals surface area contributed by atoms with Crippen LogP contribution in [0, 0.1) is 16.7 Å². The van der Waals surface area contributed by atoms with Crippen LogP contribution < -0.4 is 0 Å². The minimum absolute atomic E-state index is 0.296. The Morgan fingerprint density at radius 1 is 1.86 bits per heavy atom. The summed E-state index contributed by atoms with van der Waals surface area (Å²) in [5, 5.41) is 9.65. The van der Waals surface area contributed by atoms with Crippen molar-refractivity contribution in [2.45, 2.75) is 13.3 Å². The standard InChI is InChI=1S/C9H12N2O2S/c1-3-13-8(12)9(6-10)4-5-11-7(9)14-2/h3-5H2,1-2H3. The number of aliphatic imine (C=N–C) groups is 1. The van der Waals surface area contributed by atoms with Crippen molar-refractivity contribution in [3.8, 4) is 6.07 Å². The second-order valence-electron chi connectivity index (χ2n) is 2.88. The minimum Gasteiger partial charge on any atom is -0.464 e. The summed E-state index contributed by atoms with van der Waals surface area (Å²) in [4.78, 5) is 15.8. The topological polar surface area (TPSA) is 62.5 Å². The van der Waals surface area contributed by atoms with Crippen LogP contribution in [0.2, 0.25) is 0 Å². The highest BCUT2D eigenvalue weighted by molar-refractivity contribution is 8.13. The Balaban J connectivity index is 2.94. The zero-order chi connectivity index (χ0) is 10.6. The monoisotopic (exact) mass is 212 g/mol. The van der Waals surface area contributed by atoms with Crippen molar-refractivity contribution in [3.05, 3.63) is 0 Å². The number of hydrogen-bond donors (Lipinski definition) is 0. The SMILES string of the molecule is CCOC(=O)C1(C#N)CCN=C1SC. The van der Waals surface area contributed by atoms with E-state index >= 15 is 0 Å². The number of hydrogen-bond acceptors (Lipinski definition) is 5. The van der Waals surface area contributed by atoms with Crippen molar-refractivity contribution in [1.29, 1.82) is 5.26 Å². The fourth-order valence-corrected chi connectivity index (χ4v) is 2.20. The first-order valence-electron chi connectivity index (χ1n) is 4.38. The molecule has 14 heavy (non-hydrogen) atoms. The lowest BCUT2D eigenvalue weighted by molar-refractivity contribution is -0.148. The van der Waals surface area contributed by atoms with Gasteiger partial charge in [0.1, 0.15) is 0 Å². The third-order valence-corrected chi connectivity index (χ3v) is 2.98. The molecule has 0 spiro atoms. The van der Waals surface area contributed by atoms with E-state index in [0.717, 1.165) is 0 Å². The maximum absolute atomic E-state index is 11.6. The molecule has 4 nitrogen and oxygen atoms in total. The van der Waals surface area contributed by atoms with Crippen LogP contribution >= 0.6 is 11.8 Å². The molecule has 0 bridgehead atoms. The molecule has 76 valence electrons. The summed E-state index contributed by atoms with van der Waals surface area (Å²) in [7, 11) is 0. The van der Waals surface area contributed by atoms with E-state index in [1.54, 1.807) is 6.92 Å². The first-order valence-corrected chi connectivity index (χ1v) is 5.61. The Kier molecular flexibility index (Phi) is 3.53. The van der Waals surface area contributed by atoms with Gasteiger partial charge in [0, 0.05) is 13.0 Å². The van der Waals surface area contributed by atoms with Crippen LogP contribution in [-0.4, -0.2) is 30.4 Å². The smallest absolute Gasteiger partial charge is 0.333 e. The number of carbonyl (C=O) groups excluding carboxylic acids is 1. The average Bonchev–Trinajstić information content (AvgIpc) is 2.61. The van der Waals surface area contributed by atoms with Gasteiger partial charge in [0.15, 0.2) is 0 Å². The molecule has 0 saturated heterocycles. The Labute approximate surface area is 87.3 Å². The molecule has 1 unspecified atom stereocenters. The van der Waals surface area contributed by atoms with Gasteiger partial charge in [0.25, 0.3) is 0 Å². The fourth-order valence-electron chi connectivity index (χ4n) is 1.40. The predicted octanol–water partition coefficient (Wildman–Crippen LogP) is 1.22. The highest BCUT2D eigenvalue weighted by atomic mass is 32.2. The maximum Gasteiger partial charge on any atom is 0.333 e. The number of nitrogens with zero attached hydrogens (tertiary/aromatic N) is 2. The highest BCUT2D eigenvalue weighted by Crippen LogP contribution is 2.34. The number of carbonyl (C=O) groups is 1. The summed E-state index contributed by atoms with van der Waals surface area (Å²) in [6.45, 7) is 2.56. The van der Waals surface area contributed by atoms with Crippen LogP contribution in [0.15, 0.2) is 4.99 Å². The molecule has 0 aromatic heterocycles. The molecule has 1 aliphatic rings. The van der Waals surface area contributed by atoms with Gasteiger partial charge in [-0.2, -0.15) is 5.26 Å². The van der Waals surface area contributed by atoms with Crippen LogP contribution in [0.1, 0.15) is 13.3 Å². The van der Waals surface area contributed by atoms with E-state index in [-0.39, 0.29) is 0 Å². The first kappa shape index (κ1) is 11.1. The van der Waals surface area contributed by atoms with Crippen molar-refractivity contribution >= 4 is 22.8 Å². The third kappa shape index (κ3) is 1.62. The number of nitriles is 1. The molecule has 0 amide bonds. The normalized spacial score (nSPS) is 25.4. The lowest BCUT2D eigenvalue weighted by Gasteiger charge is -2.18. The molecule has 0 radical (unpaired) electrons. The summed E-state index contributed by atoms with van der Waals surface area (Å²) in [5.74, 6) is -0.465. The zero-order valence-corrected chi connectivity index (χ0v) is 9.06. The van der Waals surface area contributed by atoms with E-state index in [2.05, 4.69) is 4.99 Å². The van der Waals surface area contributed by atoms with Gasteiger partial charge >= 0.3 is 5.97 Å². The Morgan fingerprint density at radius 2 is 2.57 bits per heavy atom. The highest BCUT2D eigenvalue weighted by Gasteiger charge is 2.47. The van der Waals surface area contributed by atoms with Gasteiger partial charge in [-0.3, -0.25) is 4.99 Å². The number of ether oxygens (including phenoxy) is 1. The molecule has 0 fully saturated rings. The molecular formula is C9H12N2O2S. The number of thioether (sulfide) groups is 1. The fraction of sp³-hybridized carbons (Fsp3) is 0.667. The summed E-state index contributed by atoms with van der Waals surface area (Å²) >= 11 is 1.34. The quantitative estimate of drug-likeness (QED) is 0.646. The molecule has 1 rings (SSSR count). The molecule has 1 heterocycles. The summed E-state index contributed by atoms with van der Waals surface area (Å²) in [6, 6.07) is 2.04. The van der Waals surface area contributed by atoms with E-state index in [0.29, 0.717) is 24.6 Å². The van der Waals surface area contributed by atoms with E-state index < -0.39 is 11.4 Å². The molecule has 5 heteroatoms. The van der Waals surface area contributed by atoms with Gasteiger partial charge in [0.2, 0.25) is 5.41 Å². The van der Waals surface area contributed by atoms with Crippen molar-refractivity contribution in [2.24, 2.45) is 10.4 Å². The zero-order valence-electron chi connectivity index (χ0n) is 8.24. The molecule has 0 saturated carbocycles. The molecule has 0 aliphatic carbocycles. The van der Waals surface area contributed by atoms with Gasteiger partial charge in [-0.05, 0) is 13.2 Å². The maximum atomic E-state index is 11.6. The molecule has 0 aromatic rings. The predicted molar refractivity (Wildman–Crippen MR) is 55.1 cm³/mol. The van der Waals surface area contributed by atoms with E-state index in [1.165, 1.54) is 11.8 Å². The summed E-state index contributed by atoms with van der Waals surface area (Å²) < 4.78 is 4.90. The van der Waals surface area contributed by atoms with Gasteiger partial charge in [-0.1, -0.05) is 0 Å². The summed E-state index contributed by atoms with van der Waals surface area (Å²) in [5.41, 5.74) is -1.13. The largest absolute Gasteiger partial charge is 0.464 e. The van der Waals surface area contributed by atoms with Crippen molar-refractivity contribution < 1.29 is 9.53 Å². The van der Waals surface area contributed by atoms with Gasteiger partial charge < -0.3 is 4.74 Å². The van der Waals surface area contributed by atoms with Crippen molar-refractivity contribution in [3.63, 3.8) is 0 Å². The number of esters is 1. The second kappa shape index (κ2) is 4.47. The van der Waals surface area contributed by atoms with Gasteiger partial charge in [-0.25, -0.2) is 4.79 Å². The molecule has 1 aliphatic heterocycles. The van der Waals surface area contributed by atoms with Gasteiger partial charge in [0.05, 0.1) is 17.7 Å². The molecule has 0 N–H and O–H groups in total. The first-order chi connectivity index (χ1) is 6.71. The van der Waals surface area contributed by atoms with E-state index in [1.807, 2.05) is 12.3 Å². The van der Waals surface area contributed by atoms with Crippen molar-refractivity contribution in [1.82, 2.24) is 0 Å². The van der Waals surface area contributed by atoms with E-state index in [9.17, 15) is 4.79 Å². The Hall–Kier alpha value is -1.02. The lowest BCUT2D eigenvalue weighted by Crippen LogP contribution is -2.35. The van der Waals surface area contributed by atoms with Crippen LogP contribution in [-0.2, 0) is 9.53 Å². The van der Waals surface area contributed by atoms with Crippen LogP contribution in [0.25, 0.3) is 0 Å². The van der Waals surface area contributed by atoms with E-state index in [4.69, 9.17) is 10.00 Å². The molecular weight excluding hydrogens is 200 g/mol. The molecule has 0 aromatic carbocycles. The van der Waals surface area contributed by atoms with Gasteiger partial charge in [-0.15, -0.1) is 11.8 Å². The second-order valence-corrected chi connectivity index (χ2v) is 3.67. The van der Waals surface area contributed by atoms with Crippen molar-refractivity contribution in [2.75, 3.05) is 19.4 Å². The summed E-state index contributed by atoms with van der Waals surface area (Å²) in [6.07, 6.45) is 2.26. The molecule has 1 atom stereocenters. The van der Waals surface area contributed by atoms with Crippen LogP contribution in [0.4, 0.5) is 0 Å². The Bertz CT molecular complexity index is 308. The number of rotatable bonds is 2. The third-order valence-electron chi connectivity index (χ3n) is 2.12. The van der Waals surface area contributed by atoms with Crippen LogP contribution in [0.5, 0.6) is 0 Å². The minimum atomic E-state index is -1.13.